The highest BCUT2D eigenvalue weighted by molar-refractivity contribution is 7.92. The van der Waals surface area contributed by atoms with E-state index < -0.39 is 9.84 Å². The highest BCUT2D eigenvalue weighted by atomic mass is 32.2. The van der Waals surface area contributed by atoms with Gasteiger partial charge in [0.05, 0.1) is 11.5 Å². The van der Waals surface area contributed by atoms with Crippen molar-refractivity contribution in [3.63, 3.8) is 0 Å². The van der Waals surface area contributed by atoms with Crippen LogP contribution in [0.5, 0.6) is 0 Å². The summed E-state index contributed by atoms with van der Waals surface area (Å²) < 4.78 is 22.3. The molecular weight excluding hydrogens is 260 g/mol. The number of hydrogen-bond donors (Lipinski definition) is 2. The molecule has 1 aromatic rings. The molecule has 2 aliphatic heterocycles. The molecule has 19 heavy (non-hydrogen) atoms. The predicted octanol–water partition coefficient (Wildman–Crippen LogP) is 0.866. The van der Waals surface area contributed by atoms with Gasteiger partial charge in [0.15, 0.2) is 9.84 Å². The molecular formula is C14H20N2O2S. The van der Waals surface area contributed by atoms with Crippen LogP contribution in [0.3, 0.4) is 0 Å². The number of rotatable bonds is 3. The second-order valence-electron chi connectivity index (χ2n) is 5.58. The van der Waals surface area contributed by atoms with Gasteiger partial charge < -0.3 is 10.6 Å². The summed E-state index contributed by atoms with van der Waals surface area (Å²) in [5.74, 6) is 0.625. The molecule has 104 valence electrons. The molecule has 5 heteroatoms. The van der Waals surface area contributed by atoms with E-state index >= 15 is 0 Å². The van der Waals surface area contributed by atoms with Crippen LogP contribution in [0, 0.1) is 0 Å². The Morgan fingerprint density at radius 3 is 2.53 bits per heavy atom. The number of nitrogens with one attached hydrogen (secondary N) is 2. The Kier molecular flexibility index (Phi) is 3.60. The number of hydrogen-bond acceptors (Lipinski definition) is 4. The molecule has 0 aromatic heterocycles. The Morgan fingerprint density at radius 2 is 1.84 bits per heavy atom. The Morgan fingerprint density at radius 1 is 1.11 bits per heavy atom. The molecule has 2 aliphatic rings. The van der Waals surface area contributed by atoms with Crippen LogP contribution in [-0.4, -0.2) is 38.6 Å². The molecule has 4 nitrogen and oxygen atoms in total. The molecule has 2 heterocycles. The van der Waals surface area contributed by atoms with Gasteiger partial charge in [-0.3, -0.25) is 0 Å². The van der Waals surface area contributed by atoms with Crippen molar-refractivity contribution in [3.05, 3.63) is 35.9 Å². The molecule has 0 unspecified atom stereocenters. The third-order valence-corrected chi connectivity index (χ3v) is 5.81. The van der Waals surface area contributed by atoms with Crippen molar-refractivity contribution in [1.29, 1.82) is 0 Å². The van der Waals surface area contributed by atoms with Crippen molar-refractivity contribution in [2.75, 3.05) is 18.1 Å². The molecule has 2 fully saturated rings. The molecule has 0 saturated carbocycles. The quantitative estimate of drug-likeness (QED) is 0.862. The standard InChI is InChI=1S/C14H20N2O2S/c17-19(18)9-13(10-19)16-12-6-7-15-14(8-12)11-4-2-1-3-5-11/h1-5,12-16H,6-10H2/t12-,14-/m0/s1. The van der Waals surface area contributed by atoms with E-state index in [0.29, 0.717) is 23.6 Å². The zero-order chi connectivity index (χ0) is 13.3. The first-order chi connectivity index (χ1) is 9.12. The lowest BCUT2D eigenvalue weighted by molar-refractivity contribution is 0.305. The van der Waals surface area contributed by atoms with Gasteiger partial charge in [0.1, 0.15) is 0 Å². The monoisotopic (exact) mass is 280 g/mol. The van der Waals surface area contributed by atoms with Crippen molar-refractivity contribution >= 4 is 9.84 Å². The topological polar surface area (TPSA) is 58.2 Å². The number of benzene rings is 1. The Bertz CT molecular complexity index is 518. The van der Waals surface area contributed by atoms with Crippen LogP contribution in [0.15, 0.2) is 30.3 Å². The van der Waals surface area contributed by atoms with Crippen molar-refractivity contribution in [2.24, 2.45) is 0 Å². The van der Waals surface area contributed by atoms with Gasteiger partial charge in [0.25, 0.3) is 0 Å². The lowest BCUT2D eigenvalue weighted by Gasteiger charge is -2.36. The summed E-state index contributed by atoms with van der Waals surface area (Å²) in [5, 5.41) is 7.02. The van der Waals surface area contributed by atoms with Crippen LogP contribution in [-0.2, 0) is 9.84 Å². The molecule has 1 aromatic carbocycles. The average molecular weight is 280 g/mol. The van der Waals surface area contributed by atoms with Crippen molar-refractivity contribution in [3.8, 4) is 0 Å². The summed E-state index contributed by atoms with van der Waals surface area (Å²) in [7, 11) is -2.73. The van der Waals surface area contributed by atoms with E-state index in [1.165, 1.54) is 5.56 Å². The SMILES string of the molecule is O=S1(=O)CC(N[C@H]2CCN[C@H](c3ccccc3)C2)C1. The van der Waals surface area contributed by atoms with E-state index in [4.69, 9.17) is 0 Å². The fourth-order valence-corrected chi connectivity index (χ4v) is 4.32. The maximum atomic E-state index is 11.2. The summed E-state index contributed by atoms with van der Waals surface area (Å²) in [4.78, 5) is 0. The predicted molar refractivity (Wildman–Crippen MR) is 75.8 cm³/mol. The van der Waals surface area contributed by atoms with Crippen molar-refractivity contribution in [1.82, 2.24) is 10.6 Å². The van der Waals surface area contributed by atoms with Gasteiger partial charge >= 0.3 is 0 Å². The molecule has 3 rings (SSSR count). The van der Waals surface area contributed by atoms with Crippen molar-refractivity contribution < 1.29 is 8.42 Å². The summed E-state index contributed by atoms with van der Waals surface area (Å²) in [5.41, 5.74) is 1.32. The summed E-state index contributed by atoms with van der Waals surface area (Å²) in [6.45, 7) is 0.983. The minimum absolute atomic E-state index is 0.171. The lowest BCUT2D eigenvalue weighted by Crippen LogP contribution is -2.56. The zero-order valence-corrected chi connectivity index (χ0v) is 11.7. The number of sulfone groups is 1. The van der Waals surface area contributed by atoms with Crippen LogP contribution >= 0.6 is 0 Å². The Labute approximate surface area is 114 Å². The molecule has 2 N–H and O–H groups in total. The maximum Gasteiger partial charge on any atom is 0.153 e. The minimum Gasteiger partial charge on any atom is -0.310 e. The van der Waals surface area contributed by atoms with E-state index in [-0.39, 0.29) is 6.04 Å². The average Bonchev–Trinajstić information content (AvgIpc) is 2.38. The fraction of sp³-hybridized carbons (Fsp3) is 0.571. The van der Waals surface area contributed by atoms with Gasteiger partial charge in [0.2, 0.25) is 0 Å². The molecule has 2 atom stereocenters. The molecule has 2 saturated heterocycles. The van der Waals surface area contributed by atoms with E-state index in [1.807, 2.05) is 6.07 Å². The molecule has 0 aliphatic carbocycles. The second kappa shape index (κ2) is 5.23. The smallest absolute Gasteiger partial charge is 0.153 e. The first-order valence-corrected chi connectivity index (χ1v) is 8.69. The maximum absolute atomic E-state index is 11.2. The highest BCUT2D eigenvalue weighted by Crippen LogP contribution is 2.24. The fourth-order valence-electron chi connectivity index (χ4n) is 3.00. The van der Waals surface area contributed by atoms with Gasteiger partial charge in [-0.1, -0.05) is 30.3 Å². The molecule has 0 amide bonds. The third-order valence-electron chi connectivity index (χ3n) is 3.99. The molecule has 0 bridgehead atoms. The first kappa shape index (κ1) is 13.1. The van der Waals surface area contributed by atoms with E-state index in [0.717, 1.165) is 19.4 Å². The summed E-state index contributed by atoms with van der Waals surface area (Å²) in [6.07, 6.45) is 2.10. The Balaban J connectivity index is 1.57. The summed E-state index contributed by atoms with van der Waals surface area (Å²) in [6, 6.07) is 11.4. The highest BCUT2D eigenvalue weighted by Gasteiger charge is 2.35. The van der Waals surface area contributed by atoms with Crippen molar-refractivity contribution in [2.45, 2.75) is 31.0 Å². The van der Waals surface area contributed by atoms with Gasteiger partial charge in [-0.25, -0.2) is 8.42 Å². The number of piperidine rings is 1. The largest absolute Gasteiger partial charge is 0.310 e. The summed E-state index contributed by atoms with van der Waals surface area (Å²) >= 11 is 0. The van der Waals surface area contributed by atoms with Gasteiger partial charge in [-0.05, 0) is 24.9 Å². The van der Waals surface area contributed by atoms with Crippen LogP contribution in [0.2, 0.25) is 0 Å². The second-order valence-corrected chi connectivity index (χ2v) is 7.73. The van der Waals surface area contributed by atoms with Crippen LogP contribution in [0.1, 0.15) is 24.4 Å². The molecule has 0 spiro atoms. The van der Waals surface area contributed by atoms with Gasteiger partial charge in [-0.2, -0.15) is 0 Å². The Hall–Kier alpha value is -0.910. The van der Waals surface area contributed by atoms with Gasteiger partial charge in [-0.15, -0.1) is 0 Å². The zero-order valence-electron chi connectivity index (χ0n) is 10.9. The van der Waals surface area contributed by atoms with E-state index in [9.17, 15) is 8.42 Å². The third kappa shape index (κ3) is 3.16. The van der Waals surface area contributed by atoms with Crippen LogP contribution in [0.4, 0.5) is 0 Å². The lowest BCUT2D eigenvalue weighted by atomic mass is 9.93. The normalized spacial score (nSPS) is 30.7. The van der Waals surface area contributed by atoms with E-state index in [2.05, 4.69) is 34.9 Å². The first-order valence-electron chi connectivity index (χ1n) is 6.87. The van der Waals surface area contributed by atoms with E-state index in [1.54, 1.807) is 0 Å². The van der Waals surface area contributed by atoms with Crippen LogP contribution < -0.4 is 10.6 Å². The van der Waals surface area contributed by atoms with Crippen LogP contribution in [0.25, 0.3) is 0 Å². The minimum atomic E-state index is -2.73. The molecule has 0 radical (unpaired) electrons. The van der Waals surface area contributed by atoms with Gasteiger partial charge in [0, 0.05) is 18.1 Å².